The van der Waals surface area contributed by atoms with E-state index >= 15 is 0 Å². The summed E-state index contributed by atoms with van der Waals surface area (Å²) in [6, 6.07) is 0.781. The fourth-order valence-electron chi connectivity index (χ4n) is 2.61. The number of carbonyl (C=O) groups excluding carboxylic acids is 1. The molecule has 0 aliphatic heterocycles. The van der Waals surface area contributed by atoms with E-state index < -0.39 is 11.4 Å². The number of carbonyl (C=O) groups is 1. The minimum Gasteiger partial charge on any atom is -0.550 e. The van der Waals surface area contributed by atoms with Gasteiger partial charge in [0.25, 0.3) is 0 Å². The van der Waals surface area contributed by atoms with E-state index in [-0.39, 0.29) is 6.10 Å². The summed E-state index contributed by atoms with van der Waals surface area (Å²) in [4.78, 5) is 9.91. The maximum absolute atomic E-state index is 9.91. The normalized spacial score (nSPS) is 18.9. The third kappa shape index (κ3) is 7.85. The summed E-state index contributed by atoms with van der Waals surface area (Å²) in [7, 11) is 4.51. The molecule has 0 spiro atoms. The minimum atomic E-state index is -1.01. The first-order valence-electron chi connectivity index (χ1n) is 7.69. The van der Waals surface area contributed by atoms with E-state index in [0.717, 1.165) is 17.1 Å². The maximum Gasteiger partial charge on any atom is 0.104 e. The van der Waals surface area contributed by atoms with E-state index in [1.165, 1.54) is 32.1 Å². The second-order valence-corrected chi connectivity index (χ2v) is 7.64. The van der Waals surface area contributed by atoms with Crippen molar-refractivity contribution in [2.45, 2.75) is 71.9 Å². The number of carboxylic acid groups (broad SMARTS) is 1. The maximum atomic E-state index is 9.91. The van der Waals surface area contributed by atoms with Crippen molar-refractivity contribution < 1.29 is 19.5 Å². The molecule has 120 valence electrons. The van der Waals surface area contributed by atoms with E-state index in [2.05, 4.69) is 14.1 Å². The highest BCUT2D eigenvalue weighted by Crippen LogP contribution is 2.25. The zero-order valence-corrected chi connectivity index (χ0v) is 14.1. The summed E-state index contributed by atoms with van der Waals surface area (Å²) in [6.07, 6.45) is 6.69. The lowest BCUT2D eigenvalue weighted by Crippen LogP contribution is -2.52. The Balaban J connectivity index is 0.000000441. The lowest BCUT2D eigenvalue weighted by molar-refractivity contribution is -0.919. The van der Waals surface area contributed by atoms with Crippen molar-refractivity contribution in [1.82, 2.24) is 0 Å². The zero-order chi connectivity index (χ0) is 16.0. The highest BCUT2D eigenvalue weighted by molar-refractivity contribution is 5.70. The largest absolute Gasteiger partial charge is 0.550 e. The third-order valence-electron chi connectivity index (χ3n) is 3.91. The topological polar surface area (TPSA) is 60.4 Å². The van der Waals surface area contributed by atoms with Crippen LogP contribution in [-0.2, 0) is 4.79 Å². The van der Waals surface area contributed by atoms with Gasteiger partial charge in [-0.15, -0.1) is 0 Å². The molecule has 0 radical (unpaired) electrons. The van der Waals surface area contributed by atoms with Crippen molar-refractivity contribution in [1.29, 1.82) is 0 Å². The van der Waals surface area contributed by atoms with Gasteiger partial charge in [-0.2, -0.15) is 0 Å². The standard InChI is InChI=1S/C11H24NO.C5H10O2/c1-10(13)9-12(2,3)11-7-5-4-6-8-11;1-5(2,3)4(6)7/h10-11,13H,4-9H2,1-3H3;1-3H3,(H,6,7)/q+1;/p-1. The van der Waals surface area contributed by atoms with Gasteiger partial charge in [-0.25, -0.2) is 0 Å². The Hall–Kier alpha value is -0.610. The van der Waals surface area contributed by atoms with E-state index in [0.29, 0.717) is 0 Å². The Kier molecular flexibility index (Phi) is 7.74. The third-order valence-corrected chi connectivity index (χ3v) is 3.91. The number of carboxylic acids is 1. The molecule has 20 heavy (non-hydrogen) atoms. The highest BCUT2D eigenvalue weighted by atomic mass is 16.4. The van der Waals surface area contributed by atoms with E-state index in [9.17, 15) is 15.0 Å². The molecule has 1 atom stereocenters. The lowest BCUT2D eigenvalue weighted by Gasteiger charge is -2.40. The minimum absolute atomic E-state index is 0.170. The molecule has 4 nitrogen and oxygen atoms in total. The van der Waals surface area contributed by atoms with Crippen molar-refractivity contribution in [3.63, 3.8) is 0 Å². The zero-order valence-electron chi connectivity index (χ0n) is 14.1. The molecule has 0 amide bonds. The molecule has 0 aromatic heterocycles. The Bertz CT molecular complexity index is 287. The van der Waals surface area contributed by atoms with Crippen LogP contribution in [0, 0.1) is 5.41 Å². The second-order valence-electron chi connectivity index (χ2n) is 7.64. The number of hydrogen-bond donors (Lipinski definition) is 1. The summed E-state index contributed by atoms with van der Waals surface area (Å²) < 4.78 is 0.998. The van der Waals surface area contributed by atoms with Gasteiger partial charge >= 0.3 is 0 Å². The number of rotatable bonds is 3. The highest BCUT2D eigenvalue weighted by Gasteiger charge is 2.30. The average molecular weight is 287 g/mol. The summed E-state index contributed by atoms with van der Waals surface area (Å²) in [5.74, 6) is -1.01. The molecule has 1 rings (SSSR count). The number of quaternary nitrogens is 1. The van der Waals surface area contributed by atoms with Crippen LogP contribution in [0.5, 0.6) is 0 Å². The molecule has 0 heterocycles. The molecule has 1 unspecified atom stereocenters. The molecule has 1 N–H and O–H groups in total. The Morgan fingerprint density at radius 1 is 1.25 bits per heavy atom. The fourth-order valence-corrected chi connectivity index (χ4v) is 2.61. The van der Waals surface area contributed by atoms with Crippen molar-refractivity contribution in [2.75, 3.05) is 20.6 Å². The van der Waals surface area contributed by atoms with Crippen molar-refractivity contribution in [3.05, 3.63) is 0 Å². The average Bonchev–Trinajstić information content (AvgIpc) is 2.28. The van der Waals surface area contributed by atoms with Gasteiger partial charge in [-0.05, 0) is 32.6 Å². The first kappa shape index (κ1) is 19.4. The van der Waals surface area contributed by atoms with Gasteiger partial charge in [0.1, 0.15) is 12.6 Å². The van der Waals surface area contributed by atoms with Crippen LogP contribution in [0.1, 0.15) is 59.8 Å². The van der Waals surface area contributed by atoms with Crippen LogP contribution in [0.3, 0.4) is 0 Å². The van der Waals surface area contributed by atoms with Gasteiger partial charge in [0.05, 0.1) is 20.1 Å². The molecular weight excluding hydrogens is 254 g/mol. The van der Waals surface area contributed by atoms with Crippen LogP contribution in [0.2, 0.25) is 0 Å². The number of nitrogens with zero attached hydrogens (tertiary/aromatic N) is 1. The Labute approximate surface area is 124 Å². The van der Waals surface area contributed by atoms with Gasteiger partial charge in [0, 0.05) is 11.4 Å². The van der Waals surface area contributed by atoms with Crippen LogP contribution >= 0.6 is 0 Å². The molecule has 0 saturated heterocycles. The van der Waals surface area contributed by atoms with Gasteiger partial charge in [0.2, 0.25) is 0 Å². The predicted octanol–water partition coefficient (Wildman–Crippen LogP) is 1.56. The summed E-state index contributed by atoms with van der Waals surface area (Å²) >= 11 is 0. The first-order valence-corrected chi connectivity index (χ1v) is 7.69. The number of aliphatic hydroxyl groups excluding tert-OH is 1. The molecule has 0 aromatic carbocycles. The SMILES string of the molecule is CC(C)(C)C(=O)[O-].CC(O)C[N+](C)(C)C1CCCCC1. The molecule has 1 aliphatic rings. The molecule has 0 bridgehead atoms. The summed E-state index contributed by atoms with van der Waals surface area (Å²) in [6.45, 7) is 7.58. The van der Waals surface area contributed by atoms with Crippen molar-refractivity contribution in [3.8, 4) is 0 Å². The number of likely N-dealkylation sites (N-methyl/N-ethyl adjacent to an activating group) is 1. The Morgan fingerprint density at radius 2 is 1.65 bits per heavy atom. The van der Waals surface area contributed by atoms with E-state index in [4.69, 9.17) is 0 Å². The lowest BCUT2D eigenvalue weighted by atomic mass is 9.93. The van der Waals surface area contributed by atoms with Gasteiger partial charge < -0.3 is 19.5 Å². The number of hydrogen-bond acceptors (Lipinski definition) is 3. The van der Waals surface area contributed by atoms with Crippen LogP contribution in [0.4, 0.5) is 0 Å². The molecule has 1 aliphatic carbocycles. The van der Waals surface area contributed by atoms with Crippen LogP contribution in [0.25, 0.3) is 0 Å². The van der Waals surface area contributed by atoms with Crippen LogP contribution in [0.15, 0.2) is 0 Å². The van der Waals surface area contributed by atoms with Crippen LogP contribution < -0.4 is 5.11 Å². The molecule has 4 heteroatoms. The van der Waals surface area contributed by atoms with Gasteiger partial charge in [0.15, 0.2) is 0 Å². The van der Waals surface area contributed by atoms with Gasteiger partial charge in [-0.1, -0.05) is 27.2 Å². The van der Waals surface area contributed by atoms with Gasteiger partial charge in [-0.3, -0.25) is 0 Å². The first-order chi connectivity index (χ1) is 8.97. The molecular formula is C16H33NO3. The van der Waals surface area contributed by atoms with Crippen LogP contribution in [-0.4, -0.2) is 48.3 Å². The summed E-state index contributed by atoms with van der Waals surface area (Å²) in [5.41, 5.74) is -0.694. The summed E-state index contributed by atoms with van der Waals surface area (Å²) in [5, 5.41) is 19.3. The molecule has 1 fully saturated rings. The smallest absolute Gasteiger partial charge is 0.104 e. The van der Waals surface area contributed by atoms with E-state index in [1.807, 2.05) is 6.92 Å². The Morgan fingerprint density at radius 3 is 1.95 bits per heavy atom. The van der Waals surface area contributed by atoms with E-state index in [1.54, 1.807) is 20.8 Å². The number of aliphatic carboxylic acids is 1. The predicted molar refractivity (Wildman–Crippen MR) is 80.0 cm³/mol. The second kappa shape index (κ2) is 7.99. The van der Waals surface area contributed by atoms with Crippen molar-refractivity contribution in [2.24, 2.45) is 5.41 Å². The molecule has 1 saturated carbocycles. The number of aliphatic hydroxyl groups is 1. The quantitative estimate of drug-likeness (QED) is 0.801. The monoisotopic (exact) mass is 287 g/mol. The van der Waals surface area contributed by atoms with Crippen molar-refractivity contribution >= 4 is 5.97 Å². The molecule has 0 aromatic rings. The fraction of sp³-hybridized carbons (Fsp3) is 0.938.